The first-order chi connectivity index (χ1) is 15.1. The lowest BCUT2D eigenvalue weighted by Crippen LogP contribution is -2.45. The molecule has 0 spiro atoms. The fourth-order valence-corrected chi connectivity index (χ4v) is 4.49. The van der Waals surface area contributed by atoms with Gasteiger partial charge in [0.05, 0.1) is 18.2 Å². The molecule has 172 valence electrons. The Morgan fingerprint density at radius 1 is 1.12 bits per heavy atom. The molecule has 1 aromatic heterocycles. The van der Waals surface area contributed by atoms with Crippen LogP contribution in [0.15, 0.2) is 34.9 Å². The molecule has 7 nitrogen and oxygen atoms in total. The Bertz CT molecular complexity index is 1000. The molecule has 0 saturated carbocycles. The minimum atomic E-state index is -0.603. The van der Waals surface area contributed by atoms with Crippen LogP contribution in [0.4, 0.5) is 5.69 Å². The summed E-state index contributed by atoms with van der Waals surface area (Å²) in [6, 6.07) is 7.78. The van der Waals surface area contributed by atoms with Gasteiger partial charge in [-0.1, -0.05) is 39.0 Å². The van der Waals surface area contributed by atoms with E-state index in [0.29, 0.717) is 19.6 Å². The monoisotopic (exact) mass is 438 g/mol. The average molecular weight is 439 g/mol. The van der Waals surface area contributed by atoms with Crippen molar-refractivity contribution in [1.29, 1.82) is 0 Å². The van der Waals surface area contributed by atoms with Gasteiger partial charge in [0, 0.05) is 37.3 Å². The highest BCUT2D eigenvalue weighted by Crippen LogP contribution is 2.41. The van der Waals surface area contributed by atoms with E-state index in [9.17, 15) is 9.59 Å². The lowest BCUT2D eigenvalue weighted by molar-refractivity contribution is -0.131. The third-order valence-electron chi connectivity index (χ3n) is 6.53. The van der Waals surface area contributed by atoms with Gasteiger partial charge in [-0.3, -0.25) is 14.5 Å². The van der Waals surface area contributed by atoms with E-state index in [1.165, 1.54) is 0 Å². The minimum absolute atomic E-state index is 0.00107. The van der Waals surface area contributed by atoms with Crippen LogP contribution in [0.2, 0.25) is 0 Å². The fraction of sp³-hybridized carbons (Fsp3) is 0.560. The second-order valence-corrected chi connectivity index (χ2v) is 10.4. The van der Waals surface area contributed by atoms with Gasteiger partial charge in [0.1, 0.15) is 12.3 Å². The van der Waals surface area contributed by atoms with Crippen molar-refractivity contribution in [3.63, 3.8) is 0 Å². The smallest absolute Gasteiger partial charge is 0.242 e. The van der Waals surface area contributed by atoms with Gasteiger partial charge < -0.3 is 14.2 Å². The molecule has 2 aliphatic rings. The van der Waals surface area contributed by atoms with Gasteiger partial charge in [0.15, 0.2) is 0 Å². The topological polar surface area (TPSA) is 69.9 Å². The molecule has 2 amide bonds. The quantitative estimate of drug-likeness (QED) is 0.732. The molecule has 4 rings (SSSR count). The highest BCUT2D eigenvalue weighted by atomic mass is 16.4. The second kappa shape index (κ2) is 8.35. The Kier molecular flexibility index (Phi) is 5.88. The van der Waals surface area contributed by atoms with Crippen molar-refractivity contribution in [3.05, 3.63) is 47.7 Å². The first-order valence-electron chi connectivity index (χ1n) is 11.4. The van der Waals surface area contributed by atoms with Crippen LogP contribution >= 0.6 is 0 Å². The maximum atomic E-state index is 13.1. The highest BCUT2D eigenvalue weighted by Gasteiger charge is 2.44. The zero-order valence-corrected chi connectivity index (χ0v) is 19.9. The summed E-state index contributed by atoms with van der Waals surface area (Å²) in [5, 5.41) is 0. The molecule has 0 bridgehead atoms. The normalized spacial score (nSPS) is 19.2. The summed E-state index contributed by atoms with van der Waals surface area (Å²) < 4.78 is 5.94. The second-order valence-electron chi connectivity index (χ2n) is 10.4. The predicted octanol–water partition coefficient (Wildman–Crippen LogP) is 3.33. The first-order valence-corrected chi connectivity index (χ1v) is 11.4. The van der Waals surface area contributed by atoms with Crippen LogP contribution in [-0.2, 0) is 27.0 Å². The number of hydrogen-bond acceptors (Lipinski definition) is 5. The van der Waals surface area contributed by atoms with Crippen LogP contribution in [0, 0.1) is 0 Å². The lowest BCUT2D eigenvalue weighted by Gasteiger charge is -2.25. The maximum absolute atomic E-state index is 13.1. The number of anilines is 1. The maximum Gasteiger partial charge on any atom is 0.242 e. The molecule has 1 aromatic carbocycles. The van der Waals surface area contributed by atoms with E-state index in [0.717, 1.165) is 42.4 Å². The van der Waals surface area contributed by atoms with Gasteiger partial charge in [-0.25, -0.2) is 4.98 Å². The van der Waals surface area contributed by atoms with Gasteiger partial charge in [-0.2, -0.15) is 0 Å². The molecular weight excluding hydrogens is 404 g/mol. The van der Waals surface area contributed by atoms with Crippen molar-refractivity contribution in [1.82, 2.24) is 14.8 Å². The van der Waals surface area contributed by atoms with Crippen molar-refractivity contribution in [2.75, 3.05) is 37.6 Å². The van der Waals surface area contributed by atoms with Gasteiger partial charge in [0.2, 0.25) is 17.7 Å². The molecule has 7 heteroatoms. The van der Waals surface area contributed by atoms with Gasteiger partial charge in [0.25, 0.3) is 0 Å². The van der Waals surface area contributed by atoms with Gasteiger partial charge in [-0.15, -0.1) is 0 Å². The van der Waals surface area contributed by atoms with E-state index in [2.05, 4.69) is 30.7 Å². The number of hydrogen-bond donors (Lipinski definition) is 0. The summed E-state index contributed by atoms with van der Waals surface area (Å²) in [6.45, 7) is 13.9. The molecule has 2 aromatic rings. The van der Waals surface area contributed by atoms with Crippen LogP contribution in [-0.4, -0.2) is 59.3 Å². The molecule has 0 unspecified atom stereocenters. The standard InChI is InChI=1S/C25H34N4O3/c1-24(2,3)20-15-26-21(32-20)16-27-11-8-12-28(14-13-27)22(30)17-29-19-10-7-6-9-18(19)25(4,5)23(29)31/h6-7,9-10,15H,8,11-14,16-17H2,1-5H3. The number of nitrogens with zero attached hydrogens (tertiary/aromatic N) is 4. The van der Waals surface area contributed by atoms with Gasteiger partial charge >= 0.3 is 0 Å². The SMILES string of the molecule is CC(C)(C)c1cnc(CN2CCCN(C(=O)CN3C(=O)C(C)(C)c4ccccc43)CC2)o1. The molecule has 0 aliphatic carbocycles. The van der Waals surface area contributed by atoms with Crippen LogP contribution in [0.3, 0.4) is 0 Å². The van der Waals surface area contributed by atoms with E-state index < -0.39 is 5.41 Å². The number of amides is 2. The number of oxazole rings is 1. The lowest BCUT2D eigenvalue weighted by atomic mass is 9.86. The molecule has 3 heterocycles. The molecule has 32 heavy (non-hydrogen) atoms. The number of benzene rings is 1. The molecule has 0 radical (unpaired) electrons. The molecule has 1 saturated heterocycles. The number of carbonyl (C=O) groups is 2. The number of carbonyl (C=O) groups excluding carboxylic acids is 2. The number of aromatic nitrogens is 1. The Hall–Kier alpha value is -2.67. The van der Waals surface area contributed by atoms with Crippen molar-refractivity contribution in [3.8, 4) is 0 Å². The van der Waals surface area contributed by atoms with E-state index in [-0.39, 0.29) is 23.8 Å². The third kappa shape index (κ3) is 4.31. The first kappa shape index (κ1) is 22.5. The highest BCUT2D eigenvalue weighted by molar-refractivity contribution is 6.10. The molecule has 1 fully saturated rings. The van der Waals surface area contributed by atoms with E-state index >= 15 is 0 Å². The average Bonchev–Trinajstić information content (AvgIpc) is 3.18. The molecule has 0 atom stereocenters. The summed E-state index contributed by atoms with van der Waals surface area (Å²) in [7, 11) is 0. The summed E-state index contributed by atoms with van der Waals surface area (Å²) in [4.78, 5) is 36.4. The van der Waals surface area contributed by atoms with Crippen molar-refractivity contribution in [2.24, 2.45) is 0 Å². The summed E-state index contributed by atoms with van der Waals surface area (Å²) in [5.74, 6) is 1.59. The predicted molar refractivity (Wildman–Crippen MR) is 123 cm³/mol. The fourth-order valence-electron chi connectivity index (χ4n) is 4.49. The molecule has 2 aliphatic heterocycles. The molecule has 0 N–H and O–H groups in total. The summed E-state index contributed by atoms with van der Waals surface area (Å²) in [5.41, 5.74) is 1.17. The Balaban J connectivity index is 1.37. The van der Waals surface area contributed by atoms with Crippen LogP contribution in [0.5, 0.6) is 0 Å². The summed E-state index contributed by atoms with van der Waals surface area (Å²) >= 11 is 0. The van der Waals surface area contributed by atoms with Crippen LogP contribution in [0.1, 0.15) is 58.3 Å². The van der Waals surface area contributed by atoms with Crippen molar-refractivity contribution in [2.45, 2.75) is 58.4 Å². The van der Waals surface area contributed by atoms with Crippen LogP contribution < -0.4 is 4.90 Å². The number of para-hydroxylation sites is 1. The zero-order valence-electron chi connectivity index (χ0n) is 19.9. The zero-order chi connectivity index (χ0) is 23.1. The van der Waals surface area contributed by atoms with Gasteiger partial charge in [-0.05, 0) is 31.9 Å². The third-order valence-corrected chi connectivity index (χ3v) is 6.53. The number of rotatable bonds is 4. The Labute approximate surface area is 190 Å². The van der Waals surface area contributed by atoms with E-state index in [1.807, 2.05) is 49.2 Å². The minimum Gasteiger partial charge on any atom is -0.444 e. The largest absolute Gasteiger partial charge is 0.444 e. The van der Waals surface area contributed by atoms with E-state index in [1.54, 1.807) is 4.90 Å². The summed E-state index contributed by atoms with van der Waals surface area (Å²) in [6.07, 6.45) is 2.70. The Morgan fingerprint density at radius 2 is 1.88 bits per heavy atom. The Morgan fingerprint density at radius 3 is 2.59 bits per heavy atom. The van der Waals surface area contributed by atoms with Crippen LogP contribution in [0.25, 0.3) is 0 Å². The van der Waals surface area contributed by atoms with Crippen molar-refractivity contribution >= 4 is 17.5 Å². The molecular formula is C25H34N4O3. The number of fused-ring (bicyclic) bond motifs is 1. The van der Waals surface area contributed by atoms with E-state index in [4.69, 9.17) is 4.42 Å². The van der Waals surface area contributed by atoms with Crippen molar-refractivity contribution < 1.29 is 14.0 Å².